The van der Waals surface area contributed by atoms with E-state index in [-0.39, 0.29) is 11.9 Å². The van der Waals surface area contributed by atoms with Crippen molar-refractivity contribution < 1.29 is 9.53 Å². The van der Waals surface area contributed by atoms with Crippen molar-refractivity contribution in [1.82, 2.24) is 10.6 Å². The van der Waals surface area contributed by atoms with Crippen LogP contribution in [0.2, 0.25) is 5.02 Å². The Balaban J connectivity index is 2.09. The highest BCUT2D eigenvalue weighted by molar-refractivity contribution is 6.31. The van der Waals surface area contributed by atoms with Crippen LogP contribution in [-0.2, 0) is 0 Å². The topological polar surface area (TPSA) is 50.4 Å². The van der Waals surface area contributed by atoms with Crippen molar-refractivity contribution in [3.05, 3.63) is 28.8 Å². The van der Waals surface area contributed by atoms with Crippen molar-refractivity contribution in [3.63, 3.8) is 0 Å². The van der Waals surface area contributed by atoms with Gasteiger partial charge in [0.1, 0.15) is 5.75 Å². The van der Waals surface area contributed by atoms with Crippen molar-refractivity contribution in [2.45, 2.75) is 31.8 Å². The Labute approximate surface area is 118 Å². The lowest BCUT2D eigenvalue weighted by Crippen LogP contribution is -2.46. The van der Waals surface area contributed by atoms with Gasteiger partial charge in [-0.1, -0.05) is 11.6 Å². The minimum atomic E-state index is -0.126. The molecule has 0 bridgehead atoms. The van der Waals surface area contributed by atoms with Crippen LogP contribution in [0.3, 0.4) is 0 Å². The molecule has 19 heavy (non-hydrogen) atoms. The summed E-state index contributed by atoms with van der Waals surface area (Å²) in [5, 5.41) is 6.94. The molecule has 1 heterocycles. The van der Waals surface area contributed by atoms with E-state index in [1.54, 1.807) is 25.3 Å². The van der Waals surface area contributed by atoms with Gasteiger partial charge in [-0.15, -0.1) is 0 Å². The predicted octanol–water partition coefficient (Wildman–Crippen LogP) is 2.22. The first kappa shape index (κ1) is 14.2. The van der Waals surface area contributed by atoms with E-state index in [1.165, 1.54) is 0 Å². The van der Waals surface area contributed by atoms with Crippen molar-refractivity contribution in [3.8, 4) is 5.75 Å². The van der Waals surface area contributed by atoms with Crippen molar-refractivity contribution in [2.75, 3.05) is 13.7 Å². The summed E-state index contributed by atoms with van der Waals surface area (Å²) in [6, 6.07) is 5.69. The Morgan fingerprint density at radius 2 is 2.32 bits per heavy atom. The maximum atomic E-state index is 12.3. The van der Waals surface area contributed by atoms with Crippen LogP contribution >= 0.6 is 11.6 Å². The van der Waals surface area contributed by atoms with Gasteiger partial charge in [0.2, 0.25) is 0 Å². The van der Waals surface area contributed by atoms with Gasteiger partial charge in [0, 0.05) is 17.1 Å². The molecule has 1 amide bonds. The van der Waals surface area contributed by atoms with Crippen LogP contribution in [0.5, 0.6) is 5.75 Å². The highest BCUT2D eigenvalue weighted by Crippen LogP contribution is 2.23. The molecule has 1 aliphatic rings. The number of rotatable bonds is 3. The standard InChI is InChI=1S/C14H19ClN2O2/c1-9-7-11(5-6-16-9)17-14(18)12-8-10(15)3-4-13(12)19-2/h3-4,8-9,11,16H,5-7H2,1-2H3,(H,17,18). The maximum absolute atomic E-state index is 12.3. The number of methoxy groups -OCH3 is 1. The van der Waals surface area contributed by atoms with Gasteiger partial charge in [0.15, 0.2) is 0 Å². The first-order chi connectivity index (χ1) is 9.10. The van der Waals surface area contributed by atoms with Crippen LogP contribution in [0, 0.1) is 0 Å². The molecule has 1 saturated heterocycles. The Hall–Kier alpha value is -1.26. The number of piperidine rings is 1. The summed E-state index contributed by atoms with van der Waals surface area (Å²) in [4.78, 5) is 12.3. The highest BCUT2D eigenvalue weighted by atomic mass is 35.5. The summed E-state index contributed by atoms with van der Waals surface area (Å²) in [5.74, 6) is 0.419. The molecule has 0 aromatic heterocycles. The SMILES string of the molecule is COc1ccc(Cl)cc1C(=O)NC1CCNC(C)C1. The summed E-state index contributed by atoms with van der Waals surface area (Å²) in [7, 11) is 1.55. The summed E-state index contributed by atoms with van der Waals surface area (Å²) in [6.45, 7) is 3.05. The number of amides is 1. The molecule has 0 aliphatic carbocycles. The Morgan fingerprint density at radius 3 is 3.00 bits per heavy atom. The van der Waals surface area contributed by atoms with E-state index in [4.69, 9.17) is 16.3 Å². The maximum Gasteiger partial charge on any atom is 0.255 e. The molecule has 2 atom stereocenters. The molecule has 1 aromatic carbocycles. The van der Waals surface area contributed by atoms with Crippen molar-refractivity contribution in [1.29, 1.82) is 0 Å². The number of benzene rings is 1. The van der Waals surface area contributed by atoms with Crippen LogP contribution in [0.1, 0.15) is 30.1 Å². The molecular weight excluding hydrogens is 264 g/mol. The monoisotopic (exact) mass is 282 g/mol. The zero-order chi connectivity index (χ0) is 13.8. The van der Waals surface area contributed by atoms with Crippen LogP contribution in [0.15, 0.2) is 18.2 Å². The fourth-order valence-corrected chi connectivity index (χ4v) is 2.56. The lowest BCUT2D eigenvalue weighted by molar-refractivity contribution is 0.0922. The third-order valence-electron chi connectivity index (χ3n) is 3.37. The van der Waals surface area contributed by atoms with E-state index in [2.05, 4.69) is 17.6 Å². The predicted molar refractivity (Wildman–Crippen MR) is 76.0 cm³/mol. The lowest BCUT2D eigenvalue weighted by Gasteiger charge is -2.28. The van der Waals surface area contributed by atoms with Crippen LogP contribution in [0.4, 0.5) is 0 Å². The average Bonchev–Trinajstić information content (AvgIpc) is 2.38. The van der Waals surface area contributed by atoms with Gasteiger partial charge in [-0.3, -0.25) is 4.79 Å². The molecule has 2 rings (SSSR count). The van der Waals surface area contributed by atoms with Gasteiger partial charge in [0.25, 0.3) is 5.91 Å². The average molecular weight is 283 g/mol. The smallest absolute Gasteiger partial charge is 0.255 e. The molecule has 0 radical (unpaired) electrons. The van der Waals surface area contributed by atoms with E-state index < -0.39 is 0 Å². The normalized spacial score (nSPS) is 22.9. The minimum Gasteiger partial charge on any atom is -0.496 e. The Morgan fingerprint density at radius 1 is 1.53 bits per heavy atom. The van der Waals surface area contributed by atoms with E-state index in [9.17, 15) is 4.79 Å². The van der Waals surface area contributed by atoms with Crippen molar-refractivity contribution in [2.24, 2.45) is 0 Å². The molecule has 0 spiro atoms. The summed E-state index contributed by atoms with van der Waals surface area (Å²) < 4.78 is 5.20. The van der Waals surface area contributed by atoms with Crippen LogP contribution in [0.25, 0.3) is 0 Å². The highest BCUT2D eigenvalue weighted by Gasteiger charge is 2.22. The first-order valence-corrected chi connectivity index (χ1v) is 6.85. The summed E-state index contributed by atoms with van der Waals surface area (Å²) >= 11 is 5.94. The molecule has 4 nitrogen and oxygen atoms in total. The zero-order valence-corrected chi connectivity index (χ0v) is 12.0. The molecule has 1 aliphatic heterocycles. The molecule has 0 saturated carbocycles. The minimum absolute atomic E-state index is 0.126. The number of hydrogen-bond acceptors (Lipinski definition) is 3. The fraction of sp³-hybridized carbons (Fsp3) is 0.500. The fourth-order valence-electron chi connectivity index (χ4n) is 2.38. The molecule has 2 N–H and O–H groups in total. The van der Waals surface area contributed by atoms with Gasteiger partial charge in [-0.25, -0.2) is 0 Å². The zero-order valence-electron chi connectivity index (χ0n) is 11.2. The number of carbonyl (C=O) groups excluding carboxylic acids is 1. The molecule has 5 heteroatoms. The van der Waals surface area contributed by atoms with Gasteiger partial charge in [-0.05, 0) is 44.5 Å². The number of hydrogen-bond donors (Lipinski definition) is 2. The second-order valence-electron chi connectivity index (χ2n) is 4.89. The lowest BCUT2D eigenvalue weighted by atomic mass is 10.00. The van der Waals surface area contributed by atoms with E-state index in [0.717, 1.165) is 19.4 Å². The Kier molecular flexibility index (Phi) is 4.66. The Bertz CT molecular complexity index is 465. The van der Waals surface area contributed by atoms with Crippen molar-refractivity contribution >= 4 is 17.5 Å². The van der Waals surface area contributed by atoms with E-state index >= 15 is 0 Å². The van der Waals surface area contributed by atoms with Crippen LogP contribution < -0.4 is 15.4 Å². The van der Waals surface area contributed by atoms with Gasteiger partial charge in [0.05, 0.1) is 12.7 Å². The molecular formula is C14H19ClN2O2. The van der Waals surface area contributed by atoms with Crippen LogP contribution in [-0.4, -0.2) is 31.6 Å². The number of ether oxygens (including phenoxy) is 1. The van der Waals surface area contributed by atoms with Gasteiger partial charge in [-0.2, -0.15) is 0 Å². The van der Waals surface area contributed by atoms with E-state index in [1.807, 2.05) is 0 Å². The molecule has 1 fully saturated rings. The van der Waals surface area contributed by atoms with E-state index in [0.29, 0.717) is 22.4 Å². The molecule has 2 unspecified atom stereocenters. The molecule has 1 aromatic rings. The third-order valence-corrected chi connectivity index (χ3v) is 3.60. The second kappa shape index (κ2) is 6.26. The quantitative estimate of drug-likeness (QED) is 0.894. The largest absolute Gasteiger partial charge is 0.496 e. The molecule has 104 valence electrons. The summed E-state index contributed by atoms with van der Waals surface area (Å²) in [6.07, 6.45) is 1.88. The first-order valence-electron chi connectivity index (χ1n) is 6.48. The number of halogens is 1. The second-order valence-corrected chi connectivity index (χ2v) is 5.33. The summed E-state index contributed by atoms with van der Waals surface area (Å²) in [5.41, 5.74) is 0.487. The van der Waals surface area contributed by atoms with Gasteiger partial charge >= 0.3 is 0 Å². The van der Waals surface area contributed by atoms with Gasteiger partial charge < -0.3 is 15.4 Å². The number of carbonyl (C=O) groups is 1. The number of nitrogens with one attached hydrogen (secondary N) is 2. The third kappa shape index (κ3) is 3.61.